The van der Waals surface area contributed by atoms with Crippen molar-refractivity contribution in [1.82, 2.24) is 5.43 Å². The van der Waals surface area contributed by atoms with Crippen LogP contribution in [0.1, 0.15) is 5.56 Å². The molecule has 6 heteroatoms. The fraction of sp³-hybridized carbons (Fsp3) is 0. The summed E-state index contributed by atoms with van der Waals surface area (Å²) in [4.78, 5) is 12.1. The van der Waals surface area contributed by atoms with Crippen LogP contribution in [-0.4, -0.2) is 12.1 Å². The molecular formula is C16H15N5O. The van der Waals surface area contributed by atoms with Gasteiger partial charge in [0.2, 0.25) is 0 Å². The average Bonchev–Trinajstić information content (AvgIpc) is 2.55. The standard InChI is InChI=1S/C16H15N5O/c17-15-14(19-12-8-4-5-9-13(12)20-15)16(22)21-18-10-11-6-2-1-3-7-11/h1-10,19-20H,17H2,(H,21,22). The Labute approximate surface area is 127 Å². The van der Waals surface area contributed by atoms with E-state index in [0.717, 1.165) is 16.9 Å². The lowest BCUT2D eigenvalue weighted by Gasteiger charge is -2.22. The zero-order chi connectivity index (χ0) is 15.4. The number of para-hydroxylation sites is 2. The molecule has 0 aromatic heterocycles. The Hall–Kier alpha value is -3.28. The highest BCUT2D eigenvalue weighted by Gasteiger charge is 2.20. The van der Waals surface area contributed by atoms with Gasteiger partial charge in [0.05, 0.1) is 17.6 Å². The van der Waals surface area contributed by atoms with Crippen molar-refractivity contribution in [3.8, 4) is 0 Å². The predicted octanol–water partition coefficient (Wildman–Crippen LogP) is 1.80. The maximum atomic E-state index is 12.1. The number of amides is 1. The smallest absolute Gasteiger partial charge is 0.291 e. The first kappa shape index (κ1) is 13.7. The van der Waals surface area contributed by atoms with Gasteiger partial charge in [-0.05, 0) is 17.7 Å². The molecule has 22 heavy (non-hydrogen) atoms. The van der Waals surface area contributed by atoms with Gasteiger partial charge in [0.25, 0.3) is 5.91 Å². The molecule has 3 rings (SSSR count). The van der Waals surface area contributed by atoms with Gasteiger partial charge in [-0.3, -0.25) is 4.79 Å². The molecule has 2 aromatic carbocycles. The van der Waals surface area contributed by atoms with Crippen molar-refractivity contribution in [1.29, 1.82) is 0 Å². The monoisotopic (exact) mass is 293 g/mol. The number of hydrazone groups is 1. The number of nitrogens with one attached hydrogen (secondary N) is 3. The zero-order valence-corrected chi connectivity index (χ0v) is 11.7. The number of anilines is 2. The summed E-state index contributed by atoms with van der Waals surface area (Å²) >= 11 is 0. The van der Waals surface area contributed by atoms with Crippen LogP contribution >= 0.6 is 0 Å². The minimum absolute atomic E-state index is 0.240. The largest absolute Gasteiger partial charge is 0.383 e. The van der Waals surface area contributed by atoms with Crippen molar-refractivity contribution in [3.05, 3.63) is 71.7 Å². The maximum absolute atomic E-state index is 12.1. The van der Waals surface area contributed by atoms with Crippen molar-refractivity contribution in [3.63, 3.8) is 0 Å². The first-order chi connectivity index (χ1) is 10.7. The lowest BCUT2D eigenvalue weighted by molar-refractivity contribution is -0.117. The second-order valence-electron chi connectivity index (χ2n) is 4.69. The number of carbonyl (C=O) groups is 1. The van der Waals surface area contributed by atoms with Gasteiger partial charge in [-0.25, -0.2) is 5.43 Å². The average molecular weight is 293 g/mol. The molecule has 0 unspecified atom stereocenters. The Balaban J connectivity index is 1.69. The lowest BCUT2D eigenvalue weighted by Crippen LogP contribution is -2.32. The second-order valence-corrected chi connectivity index (χ2v) is 4.69. The van der Waals surface area contributed by atoms with E-state index in [2.05, 4.69) is 21.2 Å². The number of fused-ring (bicyclic) bond motifs is 1. The third-order valence-corrected chi connectivity index (χ3v) is 3.13. The summed E-state index contributed by atoms with van der Waals surface area (Å²) in [6.07, 6.45) is 1.57. The van der Waals surface area contributed by atoms with Crippen LogP contribution in [0, 0.1) is 0 Å². The Morgan fingerprint density at radius 3 is 2.36 bits per heavy atom. The van der Waals surface area contributed by atoms with Crippen molar-refractivity contribution >= 4 is 23.5 Å². The predicted molar refractivity (Wildman–Crippen MR) is 87.1 cm³/mol. The van der Waals surface area contributed by atoms with E-state index in [1.54, 1.807) is 6.21 Å². The minimum Gasteiger partial charge on any atom is -0.383 e. The molecule has 0 bridgehead atoms. The first-order valence-electron chi connectivity index (χ1n) is 6.75. The van der Waals surface area contributed by atoms with Crippen molar-refractivity contribution in [2.45, 2.75) is 0 Å². The summed E-state index contributed by atoms with van der Waals surface area (Å²) in [6.45, 7) is 0. The molecule has 0 spiro atoms. The highest BCUT2D eigenvalue weighted by Crippen LogP contribution is 2.27. The van der Waals surface area contributed by atoms with E-state index in [1.165, 1.54) is 0 Å². The molecule has 2 aromatic rings. The zero-order valence-electron chi connectivity index (χ0n) is 11.7. The number of nitrogens with two attached hydrogens (primary N) is 1. The van der Waals surface area contributed by atoms with E-state index < -0.39 is 5.91 Å². The fourth-order valence-corrected chi connectivity index (χ4v) is 2.05. The molecule has 1 amide bonds. The molecule has 0 atom stereocenters. The molecule has 6 nitrogen and oxygen atoms in total. The maximum Gasteiger partial charge on any atom is 0.291 e. The van der Waals surface area contributed by atoms with Gasteiger partial charge in [-0.1, -0.05) is 42.5 Å². The second kappa shape index (κ2) is 6.01. The fourth-order valence-electron chi connectivity index (χ4n) is 2.05. The number of nitrogens with zero attached hydrogens (tertiary/aromatic N) is 1. The molecule has 0 fully saturated rings. The van der Waals surface area contributed by atoms with Crippen LogP contribution < -0.4 is 21.8 Å². The van der Waals surface area contributed by atoms with E-state index in [9.17, 15) is 4.79 Å². The molecule has 1 aliphatic rings. The van der Waals surface area contributed by atoms with Gasteiger partial charge in [0, 0.05) is 0 Å². The third kappa shape index (κ3) is 2.90. The molecule has 5 N–H and O–H groups in total. The summed E-state index contributed by atoms with van der Waals surface area (Å²) in [5, 5.41) is 9.91. The summed E-state index contributed by atoms with van der Waals surface area (Å²) in [7, 11) is 0. The molecule has 1 aliphatic heterocycles. The van der Waals surface area contributed by atoms with E-state index >= 15 is 0 Å². The normalized spacial score (nSPS) is 13.3. The van der Waals surface area contributed by atoms with Crippen molar-refractivity contribution in [2.24, 2.45) is 10.8 Å². The van der Waals surface area contributed by atoms with Gasteiger partial charge in [0.1, 0.15) is 11.5 Å². The van der Waals surface area contributed by atoms with Crippen molar-refractivity contribution < 1.29 is 4.79 Å². The topological polar surface area (TPSA) is 91.5 Å². The van der Waals surface area contributed by atoms with Crippen LogP contribution in [0.25, 0.3) is 0 Å². The SMILES string of the molecule is NC1=C(C(=O)NN=Cc2ccccc2)Nc2ccccc2N1. The Kier molecular flexibility index (Phi) is 3.74. The lowest BCUT2D eigenvalue weighted by atomic mass is 10.2. The van der Waals surface area contributed by atoms with Crippen molar-refractivity contribution in [2.75, 3.05) is 10.6 Å². The Morgan fingerprint density at radius 2 is 1.64 bits per heavy atom. The number of hydrogen-bond acceptors (Lipinski definition) is 5. The van der Waals surface area contributed by atoms with E-state index in [1.807, 2.05) is 54.6 Å². The van der Waals surface area contributed by atoms with Crippen LogP contribution in [0.3, 0.4) is 0 Å². The van der Waals surface area contributed by atoms with Crippen LogP contribution in [0.5, 0.6) is 0 Å². The first-order valence-corrected chi connectivity index (χ1v) is 6.75. The Morgan fingerprint density at radius 1 is 1.00 bits per heavy atom. The summed E-state index contributed by atoms with van der Waals surface area (Å²) in [6, 6.07) is 17.0. The molecular weight excluding hydrogens is 278 g/mol. The van der Waals surface area contributed by atoms with Gasteiger partial charge in [0.15, 0.2) is 0 Å². The van der Waals surface area contributed by atoms with Gasteiger partial charge in [-0.2, -0.15) is 5.10 Å². The van der Waals surface area contributed by atoms with Gasteiger partial charge >= 0.3 is 0 Å². The molecule has 0 saturated carbocycles. The highest BCUT2D eigenvalue weighted by atomic mass is 16.2. The molecule has 110 valence electrons. The molecule has 1 heterocycles. The number of hydrogen-bond donors (Lipinski definition) is 4. The third-order valence-electron chi connectivity index (χ3n) is 3.13. The number of carbonyl (C=O) groups excluding carboxylic acids is 1. The van der Waals surface area contributed by atoms with Crippen LogP contribution in [0.4, 0.5) is 11.4 Å². The summed E-state index contributed by atoms with van der Waals surface area (Å²) < 4.78 is 0. The number of benzene rings is 2. The van der Waals surface area contributed by atoms with Crippen LogP contribution in [0.15, 0.2) is 71.2 Å². The molecule has 0 aliphatic carbocycles. The number of rotatable bonds is 3. The highest BCUT2D eigenvalue weighted by molar-refractivity contribution is 6.00. The Bertz CT molecular complexity index is 752. The van der Waals surface area contributed by atoms with E-state index in [4.69, 9.17) is 5.73 Å². The summed E-state index contributed by atoms with van der Waals surface area (Å²) in [5.41, 5.74) is 11.1. The summed E-state index contributed by atoms with van der Waals surface area (Å²) in [5.74, 6) is -0.155. The van der Waals surface area contributed by atoms with E-state index in [-0.39, 0.29) is 11.5 Å². The van der Waals surface area contributed by atoms with Crippen LogP contribution in [0.2, 0.25) is 0 Å². The van der Waals surface area contributed by atoms with Gasteiger partial charge < -0.3 is 16.4 Å². The molecule has 0 radical (unpaired) electrons. The quantitative estimate of drug-likeness (QED) is 0.513. The van der Waals surface area contributed by atoms with Gasteiger partial charge in [-0.15, -0.1) is 0 Å². The minimum atomic E-state index is -0.410. The molecule has 0 saturated heterocycles. The van der Waals surface area contributed by atoms with E-state index in [0.29, 0.717) is 0 Å². The van der Waals surface area contributed by atoms with Crippen LogP contribution in [-0.2, 0) is 4.79 Å².